The fourth-order valence-electron chi connectivity index (χ4n) is 3.01. The van der Waals surface area contributed by atoms with Gasteiger partial charge in [-0.1, -0.05) is 12.1 Å². The molecule has 0 bridgehead atoms. The van der Waals surface area contributed by atoms with Gasteiger partial charge in [0.05, 0.1) is 12.5 Å². The Kier molecular flexibility index (Phi) is 5.05. The van der Waals surface area contributed by atoms with Crippen molar-refractivity contribution in [2.24, 2.45) is 0 Å². The lowest BCUT2D eigenvalue weighted by Gasteiger charge is -2.25. The van der Waals surface area contributed by atoms with Crippen molar-refractivity contribution >= 4 is 22.6 Å². The normalized spacial score (nSPS) is 17.1. The number of carboxylic acids is 1. The second kappa shape index (κ2) is 7.40. The minimum absolute atomic E-state index is 0.0177. The highest BCUT2D eigenvalue weighted by atomic mass is 16.5. The third-order valence-corrected chi connectivity index (χ3v) is 4.24. The molecule has 1 atom stereocenters. The zero-order valence-corrected chi connectivity index (χ0v) is 13.4. The predicted octanol–water partition coefficient (Wildman–Crippen LogP) is 2.33. The summed E-state index contributed by atoms with van der Waals surface area (Å²) in [5.74, 6) is -1.09. The molecule has 6 nitrogen and oxygen atoms in total. The van der Waals surface area contributed by atoms with Gasteiger partial charge in [0, 0.05) is 43.0 Å². The van der Waals surface area contributed by atoms with E-state index >= 15 is 0 Å². The number of nitrogens with zero attached hydrogens (tertiary/aromatic N) is 2. The molecule has 0 saturated carbocycles. The van der Waals surface area contributed by atoms with Gasteiger partial charge in [0.25, 0.3) is 5.91 Å². The first kappa shape index (κ1) is 16.4. The Balaban J connectivity index is 1.86. The molecule has 0 aliphatic carbocycles. The van der Waals surface area contributed by atoms with Crippen LogP contribution in [-0.2, 0) is 9.53 Å². The van der Waals surface area contributed by atoms with Crippen LogP contribution in [-0.4, -0.2) is 52.7 Å². The van der Waals surface area contributed by atoms with Gasteiger partial charge in [-0.2, -0.15) is 0 Å². The number of carbonyl (C=O) groups is 2. The summed E-state index contributed by atoms with van der Waals surface area (Å²) in [5, 5.41) is 10.7. The van der Waals surface area contributed by atoms with Gasteiger partial charge in [0.15, 0.2) is 0 Å². The van der Waals surface area contributed by atoms with Gasteiger partial charge in [0.1, 0.15) is 0 Å². The summed E-state index contributed by atoms with van der Waals surface area (Å²) in [7, 11) is 0. The van der Waals surface area contributed by atoms with Crippen molar-refractivity contribution in [3.63, 3.8) is 0 Å². The minimum Gasteiger partial charge on any atom is -0.481 e. The molecular weight excluding hydrogens is 308 g/mol. The summed E-state index contributed by atoms with van der Waals surface area (Å²) in [6.07, 6.45) is 5.13. The minimum atomic E-state index is -0.917. The summed E-state index contributed by atoms with van der Waals surface area (Å²) < 4.78 is 5.61. The highest BCUT2D eigenvalue weighted by molar-refractivity contribution is 6.06. The van der Waals surface area contributed by atoms with E-state index in [0.717, 1.165) is 23.6 Å². The van der Waals surface area contributed by atoms with E-state index in [-0.39, 0.29) is 25.0 Å². The lowest BCUT2D eigenvalue weighted by molar-refractivity contribution is -0.137. The first-order valence-electron chi connectivity index (χ1n) is 8.10. The van der Waals surface area contributed by atoms with E-state index < -0.39 is 5.97 Å². The molecule has 24 heavy (non-hydrogen) atoms. The first-order valence-corrected chi connectivity index (χ1v) is 8.10. The summed E-state index contributed by atoms with van der Waals surface area (Å²) in [6.45, 7) is 1.29. The number of hydrogen-bond acceptors (Lipinski definition) is 4. The van der Waals surface area contributed by atoms with Crippen LogP contribution in [0.15, 0.2) is 36.7 Å². The maximum absolute atomic E-state index is 13.0. The Morgan fingerprint density at radius 3 is 2.96 bits per heavy atom. The molecule has 126 valence electrons. The topological polar surface area (TPSA) is 79.7 Å². The van der Waals surface area contributed by atoms with Crippen molar-refractivity contribution in [2.75, 3.05) is 19.7 Å². The van der Waals surface area contributed by atoms with Gasteiger partial charge in [-0.05, 0) is 30.4 Å². The third-order valence-electron chi connectivity index (χ3n) is 4.24. The highest BCUT2D eigenvalue weighted by Gasteiger charge is 2.24. The number of pyridine rings is 1. The second-order valence-electron chi connectivity index (χ2n) is 5.93. The van der Waals surface area contributed by atoms with Crippen molar-refractivity contribution in [3.05, 3.63) is 42.2 Å². The fourth-order valence-corrected chi connectivity index (χ4v) is 3.01. The van der Waals surface area contributed by atoms with Crippen molar-refractivity contribution < 1.29 is 19.4 Å². The van der Waals surface area contributed by atoms with Crippen LogP contribution in [0.2, 0.25) is 0 Å². The van der Waals surface area contributed by atoms with Crippen LogP contribution in [0.1, 0.15) is 29.6 Å². The van der Waals surface area contributed by atoms with E-state index in [0.29, 0.717) is 18.7 Å². The number of rotatable bonds is 6. The molecule has 0 radical (unpaired) electrons. The van der Waals surface area contributed by atoms with Crippen LogP contribution in [0.3, 0.4) is 0 Å². The van der Waals surface area contributed by atoms with Crippen LogP contribution in [0, 0.1) is 0 Å². The maximum Gasteiger partial charge on any atom is 0.305 e. The number of carboxylic acid groups (broad SMARTS) is 1. The van der Waals surface area contributed by atoms with Gasteiger partial charge in [0.2, 0.25) is 0 Å². The lowest BCUT2D eigenvalue weighted by Crippen LogP contribution is -2.38. The number of carbonyl (C=O) groups excluding carboxylic acids is 1. The van der Waals surface area contributed by atoms with E-state index in [9.17, 15) is 9.59 Å². The van der Waals surface area contributed by atoms with Crippen molar-refractivity contribution in [1.82, 2.24) is 9.88 Å². The third kappa shape index (κ3) is 3.71. The number of benzene rings is 1. The quantitative estimate of drug-likeness (QED) is 0.880. The van der Waals surface area contributed by atoms with Crippen LogP contribution in [0.25, 0.3) is 10.8 Å². The summed E-state index contributed by atoms with van der Waals surface area (Å²) >= 11 is 0. The first-order chi connectivity index (χ1) is 11.6. The monoisotopic (exact) mass is 328 g/mol. The zero-order valence-electron chi connectivity index (χ0n) is 13.4. The molecule has 1 amide bonds. The van der Waals surface area contributed by atoms with Gasteiger partial charge < -0.3 is 14.7 Å². The number of aromatic nitrogens is 1. The Morgan fingerprint density at radius 2 is 2.21 bits per heavy atom. The van der Waals surface area contributed by atoms with Gasteiger partial charge in [-0.3, -0.25) is 14.6 Å². The predicted molar refractivity (Wildman–Crippen MR) is 88.9 cm³/mol. The Hall–Kier alpha value is -2.47. The van der Waals surface area contributed by atoms with Crippen LogP contribution in [0.4, 0.5) is 0 Å². The SMILES string of the molecule is O=C(O)CCN(CC1CCCO1)C(=O)c1cccc2ccncc12. The molecule has 1 saturated heterocycles. The molecule has 1 N–H and O–H groups in total. The molecule has 1 aliphatic rings. The van der Waals surface area contributed by atoms with Crippen molar-refractivity contribution in [2.45, 2.75) is 25.4 Å². The van der Waals surface area contributed by atoms with E-state index in [1.807, 2.05) is 18.2 Å². The number of ether oxygens (including phenoxy) is 1. The van der Waals surface area contributed by atoms with Crippen molar-refractivity contribution in [3.8, 4) is 0 Å². The number of fused-ring (bicyclic) bond motifs is 1. The lowest BCUT2D eigenvalue weighted by atomic mass is 10.1. The molecule has 2 aromatic rings. The largest absolute Gasteiger partial charge is 0.481 e. The average Bonchev–Trinajstić information content (AvgIpc) is 3.10. The van der Waals surface area contributed by atoms with Gasteiger partial charge in [-0.25, -0.2) is 0 Å². The van der Waals surface area contributed by atoms with Crippen LogP contribution < -0.4 is 0 Å². The molecule has 1 aromatic heterocycles. The smallest absolute Gasteiger partial charge is 0.305 e. The zero-order chi connectivity index (χ0) is 16.9. The van der Waals surface area contributed by atoms with E-state index in [4.69, 9.17) is 9.84 Å². The fraction of sp³-hybridized carbons (Fsp3) is 0.389. The molecule has 1 aliphatic heterocycles. The Bertz CT molecular complexity index is 735. The summed E-state index contributed by atoms with van der Waals surface area (Å²) in [6, 6.07) is 7.37. The number of aliphatic carboxylic acids is 1. The molecule has 1 aromatic carbocycles. The standard InChI is InChI=1S/C18H20N2O4/c21-17(22)7-9-20(12-14-4-2-10-24-14)18(23)15-5-1-3-13-6-8-19-11-16(13)15/h1,3,5-6,8,11,14H,2,4,7,9-10,12H2,(H,21,22). The van der Waals surface area contributed by atoms with Crippen molar-refractivity contribution in [1.29, 1.82) is 0 Å². The summed E-state index contributed by atoms with van der Waals surface area (Å²) in [5.41, 5.74) is 0.545. The average molecular weight is 328 g/mol. The van der Waals surface area contributed by atoms with Gasteiger partial charge in [-0.15, -0.1) is 0 Å². The highest BCUT2D eigenvalue weighted by Crippen LogP contribution is 2.21. The second-order valence-corrected chi connectivity index (χ2v) is 5.93. The van der Waals surface area contributed by atoms with Crippen LogP contribution in [0.5, 0.6) is 0 Å². The molecule has 6 heteroatoms. The molecule has 3 rings (SSSR count). The Morgan fingerprint density at radius 1 is 1.33 bits per heavy atom. The molecular formula is C18H20N2O4. The molecule has 1 unspecified atom stereocenters. The van der Waals surface area contributed by atoms with Crippen LogP contribution >= 0.6 is 0 Å². The van der Waals surface area contributed by atoms with E-state index in [1.165, 1.54) is 0 Å². The van der Waals surface area contributed by atoms with E-state index in [1.54, 1.807) is 23.4 Å². The Labute approximate surface area is 140 Å². The molecule has 1 fully saturated rings. The number of hydrogen-bond donors (Lipinski definition) is 1. The molecule has 0 spiro atoms. The summed E-state index contributed by atoms with van der Waals surface area (Å²) in [4.78, 5) is 29.6. The van der Waals surface area contributed by atoms with Gasteiger partial charge >= 0.3 is 5.97 Å². The van der Waals surface area contributed by atoms with E-state index in [2.05, 4.69) is 4.98 Å². The maximum atomic E-state index is 13.0. The molecule has 2 heterocycles. The number of amides is 1.